The van der Waals surface area contributed by atoms with Crippen molar-refractivity contribution in [1.29, 1.82) is 0 Å². The number of amides is 1. The van der Waals surface area contributed by atoms with Crippen molar-refractivity contribution in [3.63, 3.8) is 0 Å². The average Bonchev–Trinajstić information content (AvgIpc) is 2.58. The molecule has 0 radical (unpaired) electrons. The number of nitrogens with zero attached hydrogens (tertiary/aromatic N) is 1. The second-order valence-corrected chi connectivity index (χ2v) is 5.97. The van der Waals surface area contributed by atoms with Crippen LogP contribution in [0.2, 0.25) is 0 Å². The molecule has 1 amide bonds. The molecule has 4 nitrogen and oxygen atoms in total. The number of benzene rings is 2. The predicted octanol–water partition coefficient (Wildman–Crippen LogP) is 2.93. The maximum atomic E-state index is 12.4. The van der Waals surface area contributed by atoms with E-state index in [1.807, 2.05) is 66.9 Å². The van der Waals surface area contributed by atoms with Gasteiger partial charge in [-0.3, -0.25) is 9.59 Å². The minimum Gasteiger partial charge on any atom is -0.350 e. The van der Waals surface area contributed by atoms with Gasteiger partial charge < -0.3 is 9.88 Å². The van der Waals surface area contributed by atoms with Gasteiger partial charge in [0.25, 0.3) is 0 Å². The summed E-state index contributed by atoms with van der Waals surface area (Å²) in [5.74, 6) is -0.0739. The first-order chi connectivity index (χ1) is 11.6. The van der Waals surface area contributed by atoms with E-state index in [-0.39, 0.29) is 17.9 Å². The molecule has 0 atom stereocenters. The molecule has 0 saturated heterocycles. The van der Waals surface area contributed by atoms with Crippen molar-refractivity contribution in [2.24, 2.45) is 0 Å². The van der Waals surface area contributed by atoms with Gasteiger partial charge in [0.05, 0.1) is 5.52 Å². The van der Waals surface area contributed by atoms with Gasteiger partial charge in [-0.1, -0.05) is 42.5 Å². The summed E-state index contributed by atoms with van der Waals surface area (Å²) in [6, 6.07) is 17.0. The SMILES string of the molecule is Cc1cccc2c(=O)cc(C)n(CC(=O)NCc3ccccc3)c12. The van der Waals surface area contributed by atoms with Crippen LogP contribution in [0, 0.1) is 13.8 Å². The summed E-state index contributed by atoms with van der Waals surface area (Å²) in [6.07, 6.45) is 0. The van der Waals surface area contributed by atoms with E-state index in [0.717, 1.165) is 22.3 Å². The van der Waals surface area contributed by atoms with Crippen LogP contribution in [0.4, 0.5) is 0 Å². The van der Waals surface area contributed by atoms with E-state index in [0.29, 0.717) is 11.9 Å². The van der Waals surface area contributed by atoms with E-state index in [4.69, 9.17) is 0 Å². The maximum absolute atomic E-state index is 12.4. The molecule has 3 rings (SSSR count). The van der Waals surface area contributed by atoms with Crippen LogP contribution >= 0.6 is 0 Å². The fourth-order valence-electron chi connectivity index (χ4n) is 2.94. The van der Waals surface area contributed by atoms with E-state index in [9.17, 15) is 9.59 Å². The number of aryl methyl sites for hydroxylation is 2. The highest BCUT2D eigenvalue weighted by atomic mass is 16.2. The Kier molecular flexibility index (Phi) is 4.47. The molecule has 0 bridgehead atoms. The van der Waals surface area contributed by atoms with E-state index in [1.165, 1.54) is 0 Å². The molecule has 3 aromatic rings. The minimum atomic E-state index is -0.0739. The lowest BCUT2D eigenvalue weighted by Gasteiger charge is -2.16. The molecule has 1 aromatic heterocycles. The highest BCUT2D eigenvalue weighted by Gasteiger charge is 2.11. The van der Waals surface area contributed by atoms with E-state index < -0.39 is 0 Å². The number of para-hydroxylation sites is 1. The van der Waals surface area contributed by atoms with Crippen molar-refractivity contribution in [3.8, 4) is 0 Å². The van der Waals surface area contributed by atoms with Gasteiger partial charge in [-0.25, -0.2) is 0 Å². The summed E-state index contributed by atoms with van der Waals surface area (Å²) in [7, 11) is 0. The number of nitrogens with one attached hydrogen (secondary N) is 1. The third-order valence-corrected chi connectivity index (χ3v) is 4.17. The first-order valence-electron chi connectivity index (χ1n) is 7.96. The highest BCUT2D eigenvalue weighted by molar-refractivity contribution is 5.85. The Balaban J connectivity index is 1.87. The molecular formula is C20H20N2O2. The Hall–Kier alpha value is -2.88. The largest absolute Gasteiger partial charge is 0.350 e. The Morgan fingerprint density at radius 2 is 1.79 bits per heavy atom. The second-order valence-electron chi connectivity index (χ2n) is 5.97. The van der Waals surface area contributed by atoms with E-state index >= 15 is 0 Å². The molecule has 122 valence electrons. The number of rotatable bonds is 4. The normalized spacial score (nSPS) is 10.8. The van der Waals surface area contributed by atoms with E-state index in [2.05, 4.69) is 5.32 Å². The fraction of sp³-hybridized carbons (Fsp3) is 0.200. The lowest BCUT2D eigenvalue weighted by Crippen LogP contribution is -2.28. The summed E-state index contributed by atoms with van der Waals surface area (Å²) in [4.78, 5) is 24.6. The molecule has 24 heavy (non-hydrogen) atoms. The first kappa shape index (κ1) is 16.0. The molecule has 0 spiro atoms. The van der Waals surface area contributed by atoms with Crippen molar-refractivity contribution in [3.05, 3.63) is 81.6 Å². The topological polar surface area (TPSA) is 51.1 Å². The number of pyridine rings is 1. The first-order valence-corrected chi connectivity index (χ1v) is 7.96. The molecular weight excluding hydrogens is 300 g/mol. The van der Waals surface area contributed by atoms with Crippen LogP contribution < -0.4 is 10.7 Å². The third kappa shape index (κ3) is 3.23. The lowest BCUT2D eigenvalue weighted by molar-refractivity contribution is -0.121. The fourth-order valence-corrected chi connectivity index (χ4v) is 2.94. The number of fused-ring (bicyclic) bond motifs is 1. The van der Waals surface area contributed by atoms with Gasteiger partial charge in [-0.15, -0.1) is 0 Å². The number of hydrogen-bond donors (Lipinski definition) is 1. The molecule has 2 aromatic carbocycles. The van der Waals surface area contributed by atoms with Gasteiger partial charge in [0.2, 0.25) is 5.91 Å². The van der Waals surface area contributed by atoms with Crippen LogP contribution in [0.5, 0.6) is 0 Å². The molecule has 0 saturated carbocycles. The van der Waals surface area contributed by atoms with Crippen molar-refractivity contribution >= 4 is 16.8 Å². The lowest BCUT2D eigenvalue weighted by atomic mass is 10.1. The zero-order valence-corrected chi connectivity index (χ0v) is 13.9. The maximum Gasteiger partial charge on any atom is 0.240 e. The van der Waals surface area contributed by atoms with Crippen molar-refractivity contribution in [2.45, 2.75) is 26.9 Å². The van der Waals surface area contributed by atoms with Crippen LogP contribution in [0.1, 0.15) is 16.8 Å². The Labute approximate surface area is 140 Å². The number of carbonyl (C=O) groups is 1. The van der Waals surface area contributed by atoms with Gasteiger partial charge in [-0.05, 0) is 31.0 Å². The average molecular weight is 320 g/mol. The number of hydrogen-bond acceptors (Lipinski definition) is 2. The van der Waals surface area contributed by atoms with Crippen molar-refractivity contribution < 1.29 is 4.79 Å². The predicted molar refractivity (Wildman–Crippen MR) is 96.0 cm³/mol. The van der Waals surface area contributed by atoms with Crippen LogP contribution in [0.25, 0.3) is 10.9 Å². The van der Waals surface area contributed by atoms with E-state index in [1.54, 1.807) is 6.07 Å². The van der Waals surface area contributed by atoms with Crippen LogP contribution in [-0.2, 0) is 17.9 Å². The third-order valence-electron chi connectivity index (χ3n) is 4.17. The molecule has 0 aliphatic heterocycles. The molecule has 0 aliphatic carbocycles. The summed E-state index contributed by atoms with van der Waals surface area (Å²) >= 11 is 0. The van der Waals surface area contributed by atoms with Gasteiger partial charge in [0.1, 0.15) is 6.54 Å². The molecule has 0 aliphatic rings. The van der Waals surface area contributed by atoms with Gasteiger partial charge in [-0.2, -0.15) is 0 Å². The molecule has 0 fully saturated rings. The Morgan fingerprint density at radius 1 is 1.04 bits per heavy atom. The number of aromatic nitrogens is 1. The summed E-state index contributed by atoms with van der Waals surface area (Å²) in [5, 5.41) is 3.59. The molecule has 1 N–H and O–H groups in total. The van der Waals surface area contributed by atoms with Gasteiger partial charge >= 0.3 is 0 Å². The van der Waals surface area contributed by atoms with Gasteiger partial charge in [0, 0.05) is 23.7 Å². The summed E-state index contributed by atoms with van der Waals surface area (Å²) in [5.41, 5.74) is 3.66. The molecule has 4 heteroatoms. The molecule has 1 heterocycles. The smallest absolute Gasteiger partial charge is 0.240 e. The minimum absolute atomic E-state index is 0.00727. The Morgan fingerprint density at radius 3 is 2.54 bits per heavy atom. The second kappa shape index (κ2) is 6.71. The zero-order valence-electron chi connectivity index (χ0n) is 13.9. The molecule has 0 unspecified atom stereocenters. The standard InChI is InChI=1S/C20H20N2O2/c1-14-7-6-10-17-18(23)11-15(2)22(20(14)17)13-19(24)21-12-16-8-4-3-5-9-16/h3-11H,12-13H2,1-2H3,(H,21,24). The van der Waals surface area contributed by atoms with Crippen molar-refractivity contribution in [2.75, 3.05) is 0 Å². The van der Waals surface area contributed by atoms with Crippen molar-refractivity contribution in [1.82, 2.24) is 9.88 Å². The monoisotopic (exact) mass is 320 g/mol. The Bertz CT molecular complexity index is 943. The highest BCUT2D eigenvalue weighted by Crippen LogP contribution is 2.17. The summed E-state index contributed by atoms with van der Waals surface area (Å²) < 4.78 is 1.91. The summed E-state index contributed by atoms with van der Waals surface area (Å²) in [6.45, 7) is 4.51. The van der Waals surface area contributed by atoms with Gasteiger partial charge in [0.15, 0.2) is 5.43 Å². The van der Waals surface area contributed by atoms with Crippen LogP contribution in [-0.4, -0.2) is 10.5 Å². The zero-order chi connectivity index (χ0) is 17.1. The van der Waals surface area contributed by atoms with Crippen LogP contribution in [0.3, 0.4) is 0 Å². The van der Waals surface area contributed by atoms with Crippen LogP contribution in [0.15, 0.2) is 59.4 Å². The quantitative estimate of drug-likeness (QED) is 0.803. The number of carbonyl (C=O) groups excluding carboxylic acids is 1.